The van der Waals surface area contributed by atoms with Crippen LogP contribution in [0.3, 0.4) is 0 Å². The van der Waals surface area contributed by atoms with Crippen LogP contribution in [0.25, 0.3) is 10.4 Å². The molecule has 1 heterocycles. The third kappa shape index (κ3) is 2.30. The summed E-state index contributed by atoms with van der Waals surface area (Å²) in [5.74, 6) is 0. The van der Waals surface area contributed by atoms with E-state index < -0.39 is 24.4 Å². The number of ether oxygens (including phenoxy) is 1. The van der Waals surface area contributed by atoms with E-state index in [4.69, 9.17) is 15.4 Å². The Morgan fingerprint density at radius 3 is 2.69 bits per heavy atom. The van der Waals surface area contributed by atoms with E-state index in [9.17, 15) is 10.2 Å². The van der Waals surface area contributed by atoms with Gasteiger partial charge in [0.2, 0.25) is 0 Å². The molecule has 13 heavy (non-hydrogen) atoms. The third-order valence-corrected chi connectivity index (χ3v) is 1.93. The zero-order chi connectivity index (χ0) is 9.84. The van der Waals surface area contributed by atoms with Gasteiger partial charge in [-0.1, -0.05) is 5.11 Å². The highest BCUT2D eigenvalue weighted by Crippen LogP contribution is 2.15. The summed E-state index contributed by atoms with van der Waals surface area (Å²) in [4.78, 5) is 2.50. The number of rotatable bonds is 2. The Labute approximate surface area is 74.2 Å². The molecule has 3 N–H and O–H groups in total. The predicted octanol–water partition coefficient (Wildman–Crippen LogP) is -1.22. The van der Waals surface area contributed by atoms with Gasteiger partial charge in [-0.15, -0.1) is 0 Å². The lowest BCUT2D eigenvalue weighted by Gasteiger charge is -2.34. The van der Waals surface area contributed by atoms with Gasteiger partial charge < -0.3 is 20.1 Å². The van der Waals surface area contributed by atoms with Crippen molar-refractivity contribution in [3.8, 4) is 0 Å². The summed E-state index contributed by atoms with van der Waals surface area (Å²) < 4.78 is 4.95. The van der Waals surface area contributed by atoms with Crippen LogP contribution in [-0.2, 0) is 4.74 Å². The lowest BCUT2D eigenvalue weighted by Crippen LogP contribution is -2.53. The fourth-order valence-corrected chi connectivity index (χ4v) is 1.14. The SMILES string of the molecule is [N-]=[N+]=NCC1OC[C@@H](O)[C@@H](O)[C@H]1O. The van der Waals surface area contributed by atoms with Crippen molar-refractivity contribution in [2.75, 3.05) is 13.2 Å². The first-order valence-corrected chi connectivity index (χ1v) is 3.83. The topological polar surface area (TPSA) is 119 Å². The average molecular weight is 189 g/mol. The lowest BCUT2D eigenvalue weighted by atomic mass is 10.0. The van der Waals surface area contributed by atoms with E-state index in [1.807, 2.05) is 0 Å². The molecule has 0 bridgehead atoms. The minimum Gasteiger partial charge on any atom is -0.388 e. The van der Waals surface area contributed by atoms with E-state index in [1.54, 1.807) is 0 Å². The van der Waals surface area contributed by atoms with Gasteiger partial charge in [0.25, 0.3) is 0 Å². The number of aliphatic hydroxyl groups is 3. The van der Waals surface area contributed by atoms with Crippen molar-refractivity contribution < 1.29 is 20.1 Å². The maximum absolute atomic E-state index is 9.32. The van der Waals surface area contributed by atoms with Crippen molar-refractivity contribution >= 4 is 0 Å². The molecular formula is C6H11N3O4. The van der Waals surface area contributed by atoms with Gasteiger partial charge in [0.05, 0.1) is 19.3 Å². The molecule has 1 aliphatic heterocycles. The predicted molar refractivity (Wildman–Crippen MR) is 41.8 cm³/mol. The molecule has 4 atom stereocenters. The molecule has 0 aromatic heterocycles. The first-order chi connectivity index (χ1) is 6.16. The van der Waals surface area contributed by atoms with Crippen molar-refractivity contribution in [2.24, 2.45) is 5.11 Å². The minimum atomic E-state index is -1.24. The maximum Gasteiger partial charge on any atom is 0.111 e. The van der Waals surface area contributed by atoms with E-state index in [-0.39, 0.29) is 13.2 Å². The summed E-state index contributed by atoms with van der Waals surface area (Å²) in [6.45, 7) is -0.120. The second kappa shape index (κ2) is 4.40. The van der Waals surface area contributed by atoms with Crippen LogP contribution in [0.2, 0.25) is 0 Å². The Kier molecular flexibility index (Phi) is 3.47. The van der Waals surface area contributed by atoms with E-state index in [0.717, 1.165) is 0 Å². The Hall–Kier alpha value is -0.850. The number of azide groups is 1. The highest BCUT2D eigenvalue weighted by molar-refractivity contribution is 4.87. The normalized spacial score (nSPS) is 39.6. The van der Waals surface area contributed by atoms with Gasteiger partial charge in [-0.25, -0.2) is 0 Å². The van der Waals surface area contributed by atoms with Crippen LogP contribution in [0, 0.1) is 0 Å². The molecule has 0 aromatic rings. The van der Waals surface area contributed by atoms with Crippen LogP contribution in [0.4, 0.5) is 0 Å². The van der Waals surface area contributed by atoms with Crippen LogP contribution in [0.1, 0.15) is 0 Å². The quantitative estimate of drug-likeness (QED) is 0.286. The number of hydrogen-bond donors (Lipinski definition) is 3. The molecule has 1 fully saturated rings. The Bertz CT molecular complexity index is 218. The van der Waals surface area contributed by atoms with Gasteiger partial charge in [0.1, 0.15) is 18.3 Å². The second-order valence-electron chi connectivity index (χ2n) is 2.83. The van der Waals surface area contributed by atoms with Crippen molar-refractivity contribution in [1.29, 1.82) is 0 Å². The summed E-state index contributed by atoms with van der Waals surface area (Å²) in [5, 5.41) is 30.8. The smallest absolute Gasteiger partial charge is 0.111 e. The van der Waals surface area contributed by atoms with Gasteiger partial charge in [-0.3, -0.25) is 0 Å². The van der Waals surface area contributed by atoms with Crippen LogP contribution >= 0.6 is 0 Å². The molecule has 0 aliphatic carbocycles. The van der Waals surface area contributed by atoms with E-state index >= 15 is 0 Å². The van der Waals surface area contributed by atoms with E-state index in [1.165, 1.54) is 0 Å². The van der Waals surface area contributed by atoms with Crippen LogP contribution in [-0.4, -0.2) is 52.9 Å². The van der Waals surface area contributed by atoms with Crippen molar-refractivity contribution in [1.82, 2.24) is 0 Å². The van der Waals surface area contributed by atoms with Gasteiger partial charge in [-0.2, -0.15) is 0 Å². The van der Waals surface area contributed by atoms with Crippen molar-refractivity contribution in [3.63, 3.8) is 0 Å². The molecule has 0 amide bonds. The molecule has 1 unspecified atom stereocenters. The summed E-state index contributed by atoms with van der Waals surface area (Å²) in [6, 6.07) is 0. The molecule has 0 radical (unpaired) electrons. The first-order valence-electron chi connectivity index (χ1n) is 3.83. The van der Waals surface area contributed by atoms with Crippen LogP contribution < -0.4 is 0 Å². The Balaban J connectivity index is 2.53. The van der Waals surface area contributed by atoms with Gasteiger partial charge >= 0.3 is 0 Å². The summed E-state index contributed by atoms with van der Waals surface area (Å²) in [6.07, 6.45) is -4.28. The zero-order valence-electron chi connectivity index (χ0n) is 6.82. The van der Waals surface area contributed by atoms with Gasteiger partial charge in [0.15, 0.2) is 0 Å². The second-order valence-corrected chi connectivity index (χ2v) is 2.83. The van der Waals surface area contributed by atoms with Gasteiger partial charge in [0, 0.05) is 4.91 Å². The minimum absolute atomic E-state index is 0.0541. The van der Waals surface area contributed by atoms with Gasteiger partial charge in [-0.05, 0) is 5.53 Å². The summed E-state index contributed by atoms with van der Waals surface area (Å²) in [5.41, 5.74) is 8.01. The largest absolute Gasteiger partial charge is 0.388 e. The Morgan fingerprint density at radius 2 is 2.08 bits per heavy atom. The molecule has 74 valence electrons. The highest BCUT2D eigenvalue weighted by Gasteiger charge is 2.36. The molecule has 0 saturated carbocycles. The van der Waals surface area contributed by atoms with E-state index in [2.05, 4.69) is 10.0 Å². The zero-order valence-corrected chi connectivity index (χ0v) is 6.82. The highest BCUT2D eigenvalue weighted by atomic mass is 16.5. The standard InChI is InChI=1S/C6H11N3O4/c7-9-8-1-4-6(12)5(11)3(10)2-13-4/h3-6,10-12H,1-2H2/t3-,4?,5-,6+/m1/s1. The molecule has 1 rings (SSSR count). The average Bonchev–Trinajstić information content (AvgIpc) is 2.13. The molecule has 0 aromatic carbocycles. The fourth-order valence-electron chi connectivity index (χ4n) is 1.14. The van der Waals surface area contributed by atoms with Crippen LogP contribution in [0.15, 0.2) is 5.11 Å². The first kappa shape index (κ1) is 10.2. The molecular weight excluding hydrogens is 178 g/mol. The fraction of sp³-hybridized carbons (Fsp3) is 1.00. The Morgan fingerprint density at radius 1 is 1.38 bits per heavy atom. The lowest BCUT2D eigenvalue weighted by molar-refractivity contribution is -0.183. The monoisotopic (exact) mass is 189 g/mol. The van der Waals surface area contributed by atoms with Crippen molar-refractivity contribution in [2.45, 2.75) is 24.4 Å². The number of hydrogen-bond acceptors (Lipinski definition) is 5. The van der Waals surface area contributed by atoms with Crippen LogP contribution in [0.5, 0.6) is 0 Å². The van der Waals surface area contributed by atoms with Crippen molar-refractivity contribution in [3.05, 3.63) is 10.4 Å². The third-order valence-electron chi connectivity index (χ3n) is 1.93. The van der Waals surface area contributed by atoms with E-state index in [0.29, 0.717) is 0 Å². The summed E-state index contributed by atoms with van der Waals surface area (Å²) in [7, 11) is 0. The molecule has 7 nitrogen and oxygen atoms in total. The summed E-state index contributed by atoms with van der Waals surface area (Å²) >= 11 is 0. The molecule has 7 heteroatoms. The molecule has 0 spiro atoms. The maximum atomic E-state index is 9.32. The number of aliphatic hydroxyl groups excluding tert-OH is 3. The number of nitrogens with zero attached hydrogens (tertiary/aromatic N) is 3. The molecule has 1 aliphatic rings. The molecule has 1 saturated heterocycles.